The van der Waals surface area contributed by atoms with Gasteiger partial charge in [0.1, 0.15) is 6.61 Å². The van der Waals surface area contributed by atoms with Crippen molar-refractivity contribution in [1.82, 2.24) is 5.32 Å². The van der Waals surface area contributed by atoms with Gasteiger partial charge in [0, 0.05) is 12.6 Å². The highest BCUT2D eigenvalue weighted by Gasteiger charge is 2.27. The summed E-state index contributed by atoms with van der Waals surface area (Å²) in [6.45, 7) is 3.31. The third kappa shape index (κ3) is 3.58. The van der Waals surface area contributed by atoms with E-state index in [2.05, 4.69) is 12.2 Å². The van der Waals surface area contributed by atoms with Crippen molar-refractivity contribution in [1.29, 1.82) is 0 Å². The summed E-state index contributed by atoms with van der Waals surface area (Å²) < 4.78 is 18.7. The monoisotopic (exact) mass is 257 g/mol. The number of halogens is 2. The molecule has 17 heavy (non-hydrogen) atoms. The van der Waals surface area contributed by atoms with Gasteiger partial charge in [-0.3, -0.25) is 0 Å². The van der Waals surface area contributed by atoms with E-state index >= 15 is 0 Å². The van der Waals surface area contributed by atoms with Gasteiger partial charge in [-0.2, -0.15) is 0 Å². The van der Waals surface area contributed by atoms with Gasteiger partial charge in [0.25, 0.3) is 0 Å². The molecule has 0 saturated heterocycles. The zero-order valence-electron chi connectivity index (χ0n) is 9.88. The van der Waals surface area contributed by atoms with Crippen molar-refractivity contribution in [3.05, 3.63) is 29.0 Å². The van der Waals surface area contributed by atoms with Crippen molar-refractivity contribution in [3.63, 3.8) is 0 Å². The fourth-order valence-corrected chi connectivity index (χ4v) is 2.04. The maximum absolute atomic E-state index is 13.3. The fourth-order valence-electron chi connectivity index (χ4n) is 1.82. The van der Waals surface area contributed by atoms with Gasteiger partial charge in [-0.25, -0.2) is 4.39 Å². The second kappa shape index (κ2) is 5.69. The van der Waals surface area contributed by atoms with Crippen LogP contribution in [0.2, 0.25) is 5.02 Å². The number of benzene rings is 1. The van der Waals surface area contributed by atoms with Crippen molar-refractivity contribution in [3.8, 4) is 5.75 Å². The van der Waals surface area contributed by atoms with E-state index in [9.17, 15) is 4.39 Å². The average Bonchev–Trinajstić information content (AvgIpc) is 3.11. The van der Waals surface area contributed by atoms with Crippen LogP contribution in [0.15, 0.2) is 18.2 Å². The number of para-hydroxylation sites is 1. The third-order valence-corrected chi connectivity index (χ3v) is 3.36. The highest BCUT2D eigenvalue weighted by atomic mass is 35.5. The standard InChI is InChI=1S/C13H17ClFNO/c1-9(10-5-6-10)16-7-8-17-13-11(14)3-2-4-12(13)15/h2-4,9-10,16H,5-8H2,1H3. The molecule has 2 rings (SSSR count). The molecule has 1 unspecified atom stereocenters. The molecule has 1 saturated carbocycles. The molecule has 0 bridgehead atoms. The Hall–Kier alpha value is -0.800. The minimum atomic E-state index is -0.409. The van der Waals surface area contributed by atoms with Crippen LogP contribution in [-0.2, 0) is 0 Å². The minimum Gasteiger partial charge on any atom is -0.488 e. The molecular weight excluding hydrogens is 241 g/mol. The second-order valence-electron chi connectivity index (χ2n) is 4.48. The normalized spacial score (nSPS) is 16.9. The zero-order valence-corrected chi connectivity index (χ0v) is 10.6. The molecule has 0 radical (unpaired) electrons. The fraction of sp³-hybridized carbons (Fsp3) is 0.538. The van der Waals surface area contributed by atoms with Gasteiger partial charge in [-0.05, 0) is 37.8 Å². The van der Waals surface area contributed by atoms with Crippen molar-refractivity contribution < 1.29 is 9.13 Å². The molecule has 1 aromatic rings. The number of ether oxygens (including phenoxy) is 1. The van der Waals surface area contributed by atoms with E-state index in [-0.39, 0.29) is 5.75 Å². The lowest BCUT2D eigenvalue weighted by atomic mass is 10.2. The summed E-state index contributed by atoms with van der Waals surface area (Å²) >= 11 is 5.85. The predicted octanol–water partition coefficient (Wildman–Crippen LogP) is 3.25. The van der Waals surface area contributed by atoms with Gasteiger partial charge in [0.05, 0.1) is 5.02 Å². The Morgan fingerprint density at radius 1 is 1.53 bits per heavy atom. The van der Waals surface area contributed by atoms with E-state index in [1.165, 1.54) is 18.9 Å². The van der Waals surface area contributed by atoms with Crippen LogP contribution in [0.1, 0.15) is 19.8 Å². The van der Waals surface area contributed by atoms with Gasteiger partial charge in [-0.15, -0.1) is 0 Å². The Morgan fingerprint density at radius 2 is 2.29 bits per heavy atom. The quantitative estimate of drug-likeness (QED) is 0.790. The van der Waals surface area contributed by atoms with Crippen molar-refractivity contribution in [2.45, 2.75) is 25.8 Å². The highest BCUT2D eigenvalue weighted by Crippen LogP contribution is 2.32. The Balaban J connectivity index is 1.74. The summed E-state index contributed by atoms with van der Waals surface area (Å²) in [6, 6.07) is 5.06. The summed E-state index contributed by atoms with van der Waals surface area (Å²) in [5, 5.41) is 3.68. The van der Waals surface area contributed by atoms with E-state index in [0.29, 0.717) is 24.2 Å². The maximum Gasteiger partial charge on any atom is 0.173 e. The van der Waals surface area contributed by atoms with Crippen LogP contribution in [0.5, 0.6) is 5.75 Å². The molecule has 0 spiro atoms. The Labute approximate surface area is 106 Å². The first kappa shape index (κ1) is 12.7. The summed E-state index contributed by atoms with van der Waals surface area (Å²) in [6.07, 6.45) is 2.63. The van der Waals surface area contributed by atoms with Crippen LogP contribution in [0, 0.1) is 11.7 Å². The van der Waals surface area contributed by atoms with Gasteiger partial charge in [-0.1, -0.05) is 17.7 Å². The molecule has 2 nitrogen and oxygen atoms in total. The van der Waals surface area contributed by atoms with E-state index in [1.54, 1.807) is 12.1 Å². The molecule has 0 heterocycles. The topological polar surface area (TPSA) is 21.3 Å². The van der Waals surface area contributed by atoms with Crippen LogP contribution < -0.4 is 10.1 Å². The van der Waals surface area contributed by atoms with Gasteiger partial charge in [0.15, 0.2) is 11.6 Å². The van der Waals surface area contributed by atoms with E-state index in [1.807, 2.05) is 0 Å². The minimum absolute atomic E-state index is 0.148. The molecular formula is C13H17ClFNO. The number of hydrogen-bond donors (Lipinski definition) is 1. The van der Waals surface area contributed by atoms with E-state index in [4.69, 9.17) is 16.3 Å². The SMILES string of the molecule is CC(NCCOc1c(F)cccc1Cl)C1CC1. The molecule has 4 heteroatoms. The lowest BCUT2D eigenvalue weighted by Crippen LogP contribution is -2.31. The first-order valence-electron chi connectivity index (χ1n) is 5.98. The summed E-state index contributed by atoms with van der Waals surface area (Å²) in [7, 11) is 0. The number of rotatable bonds is 6. The lowest BCUT2D eigenvalue weighted by molar-refractivity contribution is 0.290. The number of nitrogens with one attached hydrogen (secondary N) is 1. The molecule has 1 atom stereocenters. The molecule has 94 valence electrons. The highest BCUT2D eigenvalue weighted by molar-refractivity contribution is 6.32. The Kier molecular flexibility index (Phi) is 4.24. The number of hydrogen-bond acceptors (Lipinski definition) is 2. The third-order valence-electron chi connectivity index (χ3n) is 3.06. The van der Waals surface area contributed by atoms with Gasteiger partial charge >= 0.3 is 0 Å². The molecule has 1 aromatic carbocycles. The van der Waals surface area contributed by atoms with Crippen molar-refractivity contribution in [2.24, 2.45) is 5.92 Å². The first-order valence-corrected chi connectivity index (χ1v) is 6.36. The van der Waals surface area contributed by atoms with Crippen LogP contribution in [0.3, 0.4) is 0 Å². The molecule has 0 aromatic heterocycles. The first-order chi connectivity index (χ1) is 8.18. The van der Waals surface area contributed by atoms with Crippen molar-refractivity contribution >= 4 is 11.6 Å². The van der Waals surface area contributed by atoms with Crippen LogP contribution in [0.25, 0.3) is 0 Å². The largest absolute Gasteiger partial charge is 0.488 e. The van der Waals surface area contributed by atoms with E-state index in [0.717, 1.165) is 5.92 Å². The predicted molar refractivity (Wildman–Crippen MR) is 67.1 cm³/mol. The molecule has 0 amide bonds. The smallest absolute Gasteiger partial charge is 0.173 e. The summed E-state index contributed by atoms with van der Waals surface area (Å²) in [5.74, 6) is 0.551. The molecule has 0 aliphatic heterocycles. The summed E-state index contributed by atoms with van der Waals surface area (Å²) in [4.78, 5) is 0. The molecule has 1 fully saturated rings. The van der Waals surface area contributed by atoms with Crippen LogP contribution in [-0.4, -0.2) is 19.2 Å². The molecule has 1 aliphatic carbocycles. The maximum atomic E-state index is 13.3. The van der Waals surface area contributed by atoms with Gasteiger partial charge < -0.3 is 10.1 Å². The summed E-state index contributed by atoms with van der Waals surface area (Å²) in [5.41, 5.74) is 0. The van der Waals surface area contributed by atoms with Crippen molar-refractivity contribution in [2.75, 3.05) is 13.2 Å². The molecule has 1 N–H and O–H groups in total. The Bertz CT molecular complexity index is 361. The van der Waals surface area contributed by atoms with Gasteiger partial charge in [0.2, 0.25) is 0 Å². The average molecular weight is 258 g/mol. The lowest BCUT2D eigenvalue weighted by Gasteiger charge is -2.13. The van der Waals surface area contributed by atoms with Crippen LogP contribution in [0.4, 0.5) is 4.39 Å². The molecule has 1 aliphatic rings. The second-order valence-corrected chi connectivity index (χ2v) is 4.89. The van der Waals surface area contributed by atoms with E-state index < -0.39 is 5.82 Å². The Morgan fingerprint density at radius 3 is 2.94 bits per heavy atom. The zero-order chi connectivity index (χ0) is 12.3. The van der Waals surface area contributed by atoms with Crippen LogP contribution >= 0.6 is 11.6 Å².